The summed E-state index contributed by atoms with van der Waals surface area (Å²) in [6, 6.07) is 0.497. The largest absolute Gasteiger partial charge is 0.327 e. The van der Waals surface area contributed by atoms with Crippen molar-refractivity contribution in [2.24, 2.45) is 35.3 Å². The van der Waals surface area contributed by atoms with Gasteiger partial charge < -0.3 is 5.73 Å². The van der Waals surface area contributed by atoms with Crippen LogP contribution in [0.3, 0.4) is 0 Å². The minimum Gasteiger partial charge on any atom is -0.327 e. The zero-order chi connectivity index (χ0) is 13.1. The van der Waals surface area contributed by atoms with Crippen molar-refractivity contribution >= 4 is 0 Å². The first-order valence-electron chi connectivity index (χ1n) is 8.39. The van der Waals surface area contributed by atoms with Gasteiger partial charge >= 0.3 is 0 Å². The van der Waals surface area contributed by atoms with Gasteiger partial charge in [0.05, 0.1) is 0 Å². The summed E-state index contributed by atoms with van der Waals surface area (Å²) in [6.45, 7) is 7.19. The Morgan fingerprint density at radius 2 is 1.72 bits per heavy atom. The third kappa shape index (κ3) is 3.10. The van der Waals surface area contributed by atoms with E-state index in [1.807, 2.05) is 0 Å². The highest BCUT2D eigenvalue weighted by molar-refractivity contribution is 4.91. The van der Waals surface area contributed by atoms with Crippen molar-refractivity contribution in [2.45, 2.75) is 78.2 Å². The van der Waals surface area contributed by atoms with Crippen molar-refractivity contribution < 1.29 is 0 Å². The van der Waals surface area contributed by atoms with Gasteiger partial charge in [-0.2, -0.15) is 0 Å². The smallest absolute Gasteiger partial charge is 0.00701 e. The molecule has 0 aromatic carbocycles. The second kappa shape index (κ2) is 6.41. The molecule has 1 nitrogen and oxygen atoms in total. The fourth-order valence-corrected chi connectivity index (χ4v) is 4.67. The van der Waals surface area contributed by atoms with Crippen molar-refractivity contribution in [1.82, 2.24) is 0 Å². The zero-order valence-corrected chi connectivity index (χ0v) is 12.7. The van der Waals surface area contributed by atoms with E-state index < -0.39 is 0 Å². The topological polar surface area (TPSA) is 26.0 Å². The molecule has 2 aliphatic rings. The fraction of sp³-hybridized carbons (Fsp3) is 1.00. The predicted molar refractivity (Wildman–Crippen MR) is 79.4 cm³/mol. The van der Waals surface area contributed by atoms with Gasteiger partial charge in [-0.3, -0.25) is 0 Å². The van der Waals surface area contributed by atoms with E-state index in [1.54, 1.807) is 0 Å². The molecule has 0 radical (unpaired) electrons. The lowest BCUT2D eigenvalue weighted by molar-refractivity contribution is 0.0757. The van der Waals surface area contributed by atoms with E-state index in [1.165, 1.54) is 51.4 Å². The van der Waals surface area contributed by atoms with E-state index in [-0.39, 0.29) is 0 Å². The van der Waals surface area contributed by atoms with Crippen LogP contribution in [-0.4, -0.2) is 6.04 Å². The highest BCUT2D eigenvalue weighted by Crippen LogP contribution is 2.45. The Kier molecular flexibility index (Phi) is 5.12. The Balaban J connectivity index is 2.03. The molecule has 2 saturated carbocycles. The molecule has 106 valence electrons. The maximum atomic E-state index is 6.49. The summed E-state index contributed by atoms with van der Waals surface area (Å²) in [4.78, 5) is 0. The van der Waals surface area contributed by atoms with Crippen molar-refractivity contribution in [3.05, 3.63) is 0 Å². The number of hydrogen-bond donors (Lipinski definition) is 1. The lowest BCUT2D eigenvalue weighted by atomic mass is 9.62. The summed E-state index contributed by atoms with van der Waals surface area (Å²) in [6.07, 6.45) is 11.3. The first kappa shape index (κ1) is 14.4. The molecular formula is C17H33N. The summed E-state index contributed by atoms with van der Waals surface area (Å²) < 4.78 is 0. The molecule has 5 unspecified atom stereocenters. The summed E-state index contributed by atoms with van der Waals surface area (Å²) >= 11 is 0. The second-order valence-electron chi connectivity index (χ2n) is 7.26. The summed E-state index contributed by atoms with van der Waals surface area (Å²) in [5, 5.41) is 0. The Morgan fingerprint density at radius 1 is 1.00 bits per heavy atom. The molecule has 0 spiro atoms. The van der Waals surface area contributed by atoms with Crippen LogP contribution in [0.25, 0.3) is 0 Å². The molecule has 18 heavy (non-hydrogen) atoms. The maximum absolute atomic E-state index is 6.49. The van der Waals surface area contributed by atoms with Gasteiger partial charge in [-0.05, 0) is 55.3 Å². The molecule has 0 bridgehead atoms. The molecule has 0 aromatic heterocycles. The number of hydrogen-bond acceptors (Lipinski definition) is 1. The van der Waals surface area contributed by atoms with Gasteiger partial charge in [0.2, 0.25) is 0 Å². The third-order valence-electron chi connectivity index (χ3n) is 5.98. The summed E-state index contributed by atoms with van der Waals surface area (Å²) in [5.74, 6) is 4.54. The molecular weight excluding hydrogens is 218 g/mol. The Bertz CT molecular complexity index is 248. The Hall–Kier alpha value is -0.0400. The third-order valence-corrected chi connectivity index (χ3v) is 5.98. The highest BCUT2D eigenvalue weighted by Gasteiger charge is 2.38. The molecule has 0 amide bonds. The number of nitrogens with two attached hydrogens (primary N) is 1. The minimum absolute atomic E-state index is 0.497. The standard InChI is InChI=1S/C17H33N/c1-4-13-7-5-6-8-15(13)16-11-14(12(2)3)9-10-17(16)18/h12-17H,4-11,18H2,1-3H3. The van der Waals surface area contributed by atoms with Crippen LogP contribution < -0.4 is 5.73 Å². The van der Waals surface area contributed by atoms with Gasteiger partial charge in [0.15, 0.2) is 0 Å². The maximum Gasteiger partial charge on any atom is 0.00701 e. The molecule has 0 saturated heterocycles. The van der Waals surface area contributed by atoms with Gasteiger partial charge in [0.25, 0.3) is 0 Å². The minimum atomic E-state index is 0.497. The van der Waals surface area contributed by atoms with Gasteiger partial charge in [-0.1, -0.05) is 46.5 Å². The first-order chi connectivity index (χ1) is 8.63. The predicted octanol–water partition coefficient (Wildman–Crippen LogP) is 4.60. The van der Waals surface area contributed by atoms with Crippen LogP contribution >= 0.6 is 0 Å². The average molecular weight is 251 g/mol. The Labute approximate surface area is 114 Å². The van der Waals surface area contributed by atoms with E-state index in [9.17, 15) is 0 Å². The molecule has 0 aliphatic heterocycles. The van der Waals surface area contributed by atoms with E-state index >= 15 is 0 Å². The lowest BCUT2D eigenvalue weighted by Gasteiger charge is -2.44. The van der Waals surface area contributed by atoms with Crippen molar-refractivity contribution in [3.63, 3.8) is 0 Å². The van der Waals surface area contributed by atoms with Gasteiger partial charge in [-0.25, -0.2) is 0 Å². The summed E-state index contributed by atoms with van der Waals surface area (Å²) in [5.41, 5.74) is 6.49. The average Bonchev–Trinajstić information content (AvgIpc) is 2.39. The summed E-state index contributed by atoms with van der Waals surface area (Å²) in [7, 11) is 0. The van der Waals surface area contributed by atoms with E-state index in [0.29, 0.717) is 6.04 Å². The second-order valence-corrected chi connectivity index (χ2v) is 7.26. The molecule has 1 heteroatoms. The van der Waals surface area contributed by atoms with Crippen LogP contribution in [0.4, 0.5) is 0 Å². The van der Waals surface area contributed by atoms with Gasteiger partial charge in [0.1, 0.15) is 0 Å². The van der Waals surface area contributed by atoms with Crippen LogP contribution in [0.5, 0.6) is 0 Å². The van der Waals surface area contributed by atoms with Crippen LogP contribution in [0.15, 0.2) is 0 Å². The molecule has 2 fully saturated rings. The van der Waals surface area contributed by atoms with Crippen LogP contribution in [-0.2, 0) is 0 Å². The highest BCUT2D eigenvalue weighted by atomic mass is 14.7. The normalized spacial score (nSPS) is 42.2. The van der Waals surface area contributed by atoms with Crippen LogP contribution in [0, 0.1) is 29.6 Å². The molecule has 2 rings (SSSR count). The zero-order valence-electron chi connectivity index (χ0n) is 12.7. The molecule has 5 atom stereocenters. The van der Waals surface area contributed by atoms with Crippen LogP contribution in [0.1, 0.15) is 72.1 Å². The quantitative estimate of drug-likeness (QED) is 0.779. The van der Waals surface area contributed by atoms with Gasteiger partial charge in [-0.15, -0.1) is 0 Å². The molecule has 0 heterocycles. The number of rotatable bonds is 3. The fourth-order valence-electron chi connectivity index (χ4n) is 4.67. The Morgan fingerprint density at radius 3 is 2.39 bits per heavy atom. The molecule has 2 aliphatic carbocycles. The van der Waals surface area contributed by atoms with E-state index in [0.717, 1.165) is 29.6 Å². The van der Waals surface area contributed by atoms with E-state index in [4.69, 9.17) is 5.73 Å². The van der Waals surface area contributed by atoms with Crippen molar-refractivity contribution in [3.8, 4) is 0 Å². The van der Waals surface area contributed by atoms with Crippen molar-refractivity contribution in [2.75, 3.05) is 0 Å². The first-order valence-corrected chi connectivity index (χ1v) is 8.39. The monoisotopic (exact) mass is 251 g/mol. The molecule has 0 aromatic rings. The van der Waals surface area contributed by atoms with E-state index in [2.05, 4.69) is 20.8 Å². The van der Waals surface area contributed by atoms with Crippen LogP contribution in [0.2, 0.25) is 0 Å². The molecule has 2 N–H and O–H groups in total. The van der Waals surface area contributed by atoms with Gasteiger partial charge in [0, 0.05) is 6.04 Å². The SMILES string of the molecule is CCC1CCCCC1C1CC(C(C)C)CCC1N. The van der Waals surface area contributed by atoms with Crippen molar-refractivity contribution in [1.29, 1.82) is 0 Å². The lowest BCUT2D eigenvalue weighted by Crippen LogP contribution is -2.44.